The molecule has 114 valence electrons. The van der Waals surface area contributed by atoms with E-state index >= 15 is 0 Å². The van der Waals surface area contributed by atoms with E-state index in [9.17, 15) is 0 Å². The van der Waals surface area contributed by atoms with Crippen molar-refractivity contribution in [3.8, 4) is 11.8 Å². The minimum Gasteiger partial charge on any atom is -0.384 e. The molecule has 1 aromatic heterocycles. The molecule has 2 nitrogen and oxygen atoms in total. The van der Waals surface area contributed by atoms with Crippen molar-refractivity contribution in [2.45, 2.75) is 51.5 Å². The molecule has 3 heteroatoms. The largest absolute Gasteiger partial charge is 0.384 e. The molecule has 21 heavy (non-hydrogen) atoms. The van der Waals surface area contributed by atoms with Crippen LogP contribution in [0.4, 0.5) is 0 Å². The monoisotopic (exact) mass is 303 g/mol. The standard InChI is InChI=1S/C18H25NOS/c20-12-4-5-16-13-17(21-15-16)14-19-10-8-18(9-11-19)6-2-1-3-7-18/h13,15,20H,1-3,6-12,14H2. The number of aliphatic hydroxyl groups excluding tert-OH is 1. The van der Waals surface area contributed by atoms with Crippen molar-refractivity contribution in [3.05, 3.63) is 21.9 Å². The molecule has 2 heterocycles. The van der Waals surface area contributed by atoms with Gasteiger partial charge in [-0.25, -0.2) is 0 Å². The molecule has 0 atom stereocenters. The van der Waals surface area contributed by atoms with E-state index in [1.807, 2.05) is 0 Å². The van der Waals surface area contributed by atoms with Gasteiger partial charge in [0.1, 0.15) is 6.61 Å². The molecule has 1 aliphatic heterocycles. The molecule has 0 unspecified atom stereocenters. The molecular formula is C18H25NOS. The van der Waals surface area contributed by atoms with Crippen molar-refractivity contribution in [2.75, 3.05) is 19.7 Å². The van der Waals surface area contributed by atoms with Crippen molar-refractivity contribution < 1.29 is 5.11 Å². The van der Waals surface area contributed by atoms with Gasteiger partial charge in [-0.15, -0.1) is 11.3 Å². The van der Waals surface area contributed by atoms with Crippen LogP contribution in [0.1, 0.15) is 55.4 Å². The van der Waals surface area contributed by atoms with Crippen LogP contribution < -0.4 is 0 Å². The Balaban J connectivity index is 1.52. The highest BCUT2D eigenvalue weighted by Crippen LogP contribution is 2.44. The molecule has 0 bridgehead atoms. The van der Waals surface area contributed by atoms with E-state index in [0.29, 0.717) is 5.41 Å². The van der Waals surface area contributed by atoms with Gasteiger partial charge < -0.3 is 5.11 Å². The summed E-state index contributed by atoms with van der Waals surface area (Å²) in [6.07, 6.45) is 10.1. The Kier molecular flexibility index (Phi) is 5.00. The average molecular weight is 303 g/mol. The predicted octanol–water partition coefficient (Wildman–Crippen LogP) is 3.64. The highest BCUT2D eigenvalue weighted by molar-refractivity contribution is 7.10. The van der Waals surface area contributed by atoms with Gasteiger partial charge in [-0.1, -0.05) is 31.1 Å². The van der Waals surface area contributed by atoms with E-state index in [2.05, 4.69) is 28.2 Å². The SMILES string of the molecule is OCC#Cc1csc(CN2CCC3(CCCCC3)CC2)c1. The van der Waals surface area contributed by atoms with Crippen LogP contribution in [0.5, 0.6) is 0 Å². The number of hydrogen-bond donors (Lipinski definition) is 1. The van der Waals surface area contributed by atoms with Crippen LogP contribution >= 0.6 is 11.3 Å². The van der Waals surface area contributed by atoms with E-state index in [1.54, 1.807) is 11.3 Å². The van der Waals surface area contributed by atoms with Crippen LogP contribution in [0.2, 0.25) is 0 Å². The molecule has 1 spiro atoms. The summed E-state index contributed by atoms with van der Waals surface area (Å²) in [5.41, 5.74) is 1.74. The Morgan fingerprint density at radius 2 is 1.90 bits per heavy atom. The van der Waals surface area contributed by atoms with Crippen LogP contribution in [0.15, 0.2) is 11.4 Å². The Hall–Kier alpha value is -0.820. The van der Waals surface area contributed by atoms with Gasteiger partial charge in [0.25, 0.3) is 0 Å². The minimum absolute atomic E-state index is 0.0562. The van der Waals surface area contributed by atoms with E-state index in [0.717, 1.165) is 12.1 Å². The molecule has 0 amide bonds. The van der Waals surface area contributed by atoms with E-state index in [-0.39, 0.29) is 6.61 Å². The maximum atomic E-state index is 8.74. The minimum atomic E-state index is -0.0562. The zero-order valence-electron chi connectivity index (χ0n) is 12.7. The highest BCUT2D eigenvalue weighted by atomic mass is 32.1. The fraction of sp³-hybridized carbons (Fsp3) is 0.667. The Morgan fingerprint density at radius 1 is 1.14 bits per heavy atom. The zero-order valence-corrected chi connectivity index (χ0v) is 13.6. The molecule has 0 aromatic carbocycles. The molecule has 1 saturated heterocycles. The van der Waals surface area contributed by atoms with Crippen molar-refractivity contribution >= 4 is 11.3 Å². The summed E-state index contributed by atoms with van der Waals surface area (Å²) in [5.74, 6) is 5.71. The molecule has 2 fully saturated rings. The van der Waals surface area contributed by atoms with E-state index in [4.69, 9.17) is 5.11 Å². The Labute approximate surface area is 132 Å². The van der Waals surface area contributed by atoms with Crippen molar-refractivity contribution in [2.24, 2.45) is 5.41 Å². The number of likely N-dealkylation sites (tertiary alicyclic amines) is 1. The van der Waals surface area contributed by atoms with Crippen LogP contribution in [-0.2, 0) is 6.54 Å². The molecule has 1 aliphatic carbocycles. The van der Waals surface area contributed by atoms with Gasteiger partial charge in [0.05, 0.1) is 0 Å². The van der Waals surface area contributed by atoms with Gasteiger partial charge in [0, 0.05) is 22.4 Å². The second-order valence-corrected chi connectivity index (χ2v) is 7.59. The fourth-order valence-electron chi connectivity index (χ4n) is 3.88. The smallest absolute Gasteiger partial charge is 0.104 e. The maximum Gasteiger partial charge on any atom is 0.104 e. The Bertz CT molecular complexity index is 509. The summed E-state index contributed by atoms with van der Waals surface area (Å²) in [5, 5.41) is 10.8. The zero-order chi connectivity index (χ0) is 14.5. The number of aliphatic hydroxyl groups is 1. The number of nitrogens with zero attached hydrogens (tertiary/aromatic N) is 1. The lowest BCUT2D eigenvalue weighted by molar-refractivity contribution is 0.0646. The van der Waals surface area contributed by atoms with Gasteiger partial charge in [0.15, 0.2) is 0 Å². The lowest BCUT2D eigenvalue weighted by Gasteiger charge is -2.44. The maximum absolute atomic E-state index is 8.74. The van der Waals surface area contributed by atoms with E-state index < -0.39 is 0 Å². The third kappa shape index (κ3) is 3.88. The van der Waals surface area contributed by atoms with Crippen molar-refractivity contribution in [3.63, 3.8) is 0 Å². The average Bonchev–Trinajstić information content (AvgIpc) is 2.96. The summed E-state index contributed by atoms with van der Waals surface area (Å²) in [6, 6.07) is 2.18. The summed E-state index contributed by atoms with van der Waals surface area (Å²) >= 11 is 1.79. The fourth-order valence-corrected chi connectivity index (χ4v) is 4.74. The highest BCUT2D eigenvalue weighted by Gasteiger charge is 2.35. The molecule has 3 rings (SSSR count). The quantitative estimate of drug-likeness (QED) is 0.843. The van der Waals surface area contributed by atoms with Crippen LogP contribution in [0.3, 0.4) is 0 Å². The van der Waals surface area contributed by atoms with Crippen LogP contribution in [0, 0.1) is 17.3 Å². The number of hydrogen-bond acceptors (Lipinski definition) is 3. The van der Waals surface area contributed by atoms with Crippen molar-refractivity contribution in [1.29, 1.82) is 0 Å². The second-order valence-electron chi connectivity index (χ2n) is 6.60. The first-order chi connectivity index (χ1) is 10.3. The lowest BCUT2D eigenvalue weighted by atomic mass is 9.68. The van der Waals surface area contributed by atoms with Crippen LogP contribution in [-0.4, -0.2) is 29.7 Å². The van der Waals surface area contributed by atoms with E-state index in [1.165, 1.54) is 62.9 Å². The van der Waals surface area contributed by atoms with Gasteiger partial charge in [-0.3, -0.25) is 4.90 Å². The second kappa shape index (κ2) is 6.96. The normalized spacial score (nSPS) is 22.0. The van der Waals surface area contributed by atoms with Gasteiger partial charge in [-0.05, 0) is 50.3 Å². The molecular weight excluding hydrogens is 278 g/mol. The van der Waals surface area contributed by atoms with Crippen LogP contribution in [0.25, 0.3) is 0 Å². The molecule has 1 N–H and O–H groups in total. The molecule has 1 aromatic rings. The van der Waals surface area contributed by atoms with Gasteiger partial charge in [-0.2, -0.15) is 0 Å². The summed E-state index contributed by atoms with van der Waals surface area (Å²) in [7, 11) is 0. The lowest BCUT2D eigenvalue weighted by Crippen LogP contribution is -2.40. The predicted molar refractivity (Wildman–Crippen MR) is 88.3 cm³/mol. The van der Waals surface area contributed by atoms with Gasteiger partial charge in [0.2, 0.25) is 0 Å². The Morgan fingerprint density at radius 3 is 2.62 bits per heavy atom. The number of piperidine rings is 1. The third-order valence-corrected chi connectivity index (χ3v) is 6.10. The topological polar surface area (TPSA) is 23.5 Å². The number of thiophene rings is 1. The first kappa shape index (κ1) is 15.1. The summed E-state index contributed by atoms with van der Waals surface area (Å²) in [6.45, 7) is 3.53. The molecule has 1 saturated carbocycles. The van der Waals surface area contributed by atoms with Crippen molar-refractivity contribution in [1.82, 2.24) is 4.90 Å². The third-order valence-electron chi connectivity index (χ3n) is 5.18. The molecule has 0 radical (unpaired) electrons. The summed E-state index contributed by atoms with van der Waals surface area (Å²) < 4.78 is 0. The molecule has 2 aliphatic rings. The summed E-state index contributed by atoms with van der Waals surface area (Å²) in [4.78, 5) is 4.01. The van der Waals surface area contributed by atoms with Gasteiger partial charge >= 0.3 is 0 Å². The first-order valence-corrected chi connectivity index (χ1v) is 9.07. The first-order valence-electron chi connectivity index (χ1n) is 8.19. The number of rotatable bonds is 2.